The van der Waals surface area contributed by atoms with Gasteiger partial charge in [-0.05, 0) is 44.9 Å². The largest absolute Gasteiger partial charge is 0.462 e. The Morgan fingerprint density at radius 3 is 2.40 bits per heavy atom. The van der Waals surface area contributed by atoms with E-state index >= 15 is 0 Å². The van der Waals surface area contributed by atoms with Gasteiger partial charge in [0.1, 0.15) is 6.10 Å². The standard InChI is InChI=1S/C12H21NO2/c13-10-7-6-9(8-10)12(14)15-11-4-2-1-3-5-11/h9-11H,1-8,13H2. The van der Waals surface area contributed by atoms with Crippen molar-refractivity contribution in [1.82, 2.24) is 0 Å². The van der Waals surface area contributed by atoms with E-state index in [0.29, 0.717) is 0 Å². The summed E-state index contributed by atoms with van der Waals surface area (Å²) in [6.07, 6.45) is 8.76. The molecule has 2 atom stereocenters. The molecule has 2 saturated carbocycles. The Morgan fingerprint density at radius 1 is 1.07 bits per heavy atom. The quantitative estimate of drug-likeness (QED) is 0.711. The Bertz CT molecular complexity index is 224. The molecule has 2 aliphatic carbocycles. The molecule has 15 heavy (non-hydrogen) atoms. The van der Waals surface area contributed by atoms with Gasteiger partial charge >= 0.3 is 5.97 Å². The fourth-order valence-corrected chi connectivity index (χ4v) is 2.67. The molecule has 0 aliphatic heterocycles. The molecule has 0 bridgehead atoms. The average molecular weight is 211 g/mol. The van der Waals surface area contributed by atoms with Crippen LogP contribution in [0.15, 0.2) is 0 Å². The van der Waals surface area contributed by atoms with Crippen molar-refractivity contribution in [2.24, 2.45) is 11.7 Å². The van der Waals surface area contributed by atoms with Gasteiger partial charge in [-0.3, -0.25) is 4.79 Å². The highest BCUT2D eigenvalue weighted by Crippen LogP contribution is 2.27. The van der Waals surface area contributed by atoms with Gasteiger partial charge in [0, 0.05) is 6.04 Å². The summed E-state index contributed by atoms with van der Waals surface area (Å²) >= 11 is 0. The fourth-order valence-electron chi connectivity index (χ4n) is 2.67. The van der Waals surface area contributed by atoms with Gasteiger partial charge in [0.2, 0.25) is 0 Å². The lowest BCUT2D eigenvalue weighted by Gasteiger charge is -2.23. The van der Waals surface area contributed by atoms with Crippen molar-refractivity contribution in [3.8, 4) is 0 Å². The van der Waals surface area contributed by atoms with Gasteiger partial charge in [-0.2, -0.15) is 0 Å². The van der Waals surface area contributed by atoms with E-state index in [4.69, 9.17) is 10.5 Å². The van der Waals surface area contributed by atoms with E-state index < -0.39 is 0 Å². The Morgan fingerprint density at radius 2 is 1.80 bits per heavy atom. The van der Waals surface area contributed by atoms with Gasteiger partial charge in [0.15, 0.2) is 0 Å². The van der Waals surface area contributed by atoms with Crippen molar-refractivity contribution in [3.63, 3.8) is 0 Å². The van der Waals surface area contributed by atoms with Crippen LogP contribution in [0.2, 0.25) is 0 Å². The number of rotatable bonds is 2. The van der Waals surface area contributed by atoms with Crippen molar-refractivity contribution >= 4 is 5.97 Å². The second-order valence-electron chi connectivity index (χ2n) is 4.97. The van der Waals surface area contributed by atoms with Gasteiger partial charge < -0.3 is 10.5 Å². The number of carbonyl (C=O) groups is 1. The molecule has 0 aromatic heterocycles. The van der Waals surface area contributed by atoms with Crippen molar-refractivity contribution in [2.75, 3.05) is 0 Å². The van der Waals surface area contributed by atoms with Crippen molar-refractivity contribution in [2.45, 2.75) is 63.5 Å². The average Bonchev–Trinajstić information content (AvgIpc) is 2.66. The number of hydrogen-bond acceptors (Lipinski definition) is 3. The number of esters is 1. The molecule has 0 heterocycles. The predicted octanol–water partition coefficient (Wildman–Crippen LogP) is 1.99. The molecular weight excluding hydrogens is 190 g/mol. The normalized spacial score (nSPS) is 32.9. The number of ether oxygens (including phenoxy) is 1. The lowest BCUT2D eigenvalue weighted by molar-refractivity contribution is -0.155. The first kappa shape index (κ1) is 10.9. The fraction of sp³-hybridized carbons (Fsp3) is 0.917. The lowest BCUT2D eigenvalue weighted by Crippen LogP contribution is -2.26. The number of carbonyl (C=O) groups excluding carboxylic acids is 1. The van der Waals surface area contributed by atoms with Crippen LogP contribution in [0.3, 0.4) is 0 Å². The molecular formula is C12H21NO2. The van der Waals surface area contributed by atoms with Crippen LogP contribution in [-0.2, 0) is 9.53 Å². The molecule has 0 aromatic rings. The molecule has 2 fully saturated rings. The third-order valence-corrected chi connectivity index (χ3v) is 3.64. The van der Waals surface area contributed by atoms with E-state index in [1.165, 1.54) is 19.3 Å². The first-order valence-corrected chi connectivity index (χ1v) is 6.22. The van der Waals surface area contributed by atoms with Gasteiger partial charge in [0.05, 0.1) is 5.92 Å². The van der Waals surface area contributed by atoms with Gasteiger partial charge in [0.25, 0.3) is 0 Å². The second kappa shape index (κ2) is 4.97. The van der Waals surface area contributed by atoms with Crippen LogP contribution in [-0.4, -0.2) is 18.1 Å². The van der Waals surface area contributed by atoms with Gasteiger partial charge in [-0.1, -0.05) is 6.42 Å². The maximum absolute atomic E-state index is 11.8. The van der Waals surface area contributed by atoms with Crippen LogP contribution < -0.4 is 5.73 Å². The summed E-state index contributed by atoms with van der Waals surface area (Å²) in [5, 5.41) is 0. The third-order valence-electron chi connectivity index (χ3n) is 3.64. The van der Waals surface area contributed by atoms with Crippen molar-refractivity contribution in [3.05, 3.63) is 0 Å². The maximum atomic E-state index is 11.8. The Balaban J connectivity index is 1.76. The molecule has 0 spiro atoms. The smallest absolute Gasteiger partial charge is 0.309 e. The Labute approximate surface area is 91.4 Å². The first-order chi connectivity index (χ1) is 7.25. The number of hydrogen-bond donors (Lipinski definition) is 1. The van der Waals surface area contributed by atoms with Crippen LogP contribution in [0.4, 0.5) is 0 Å². The summed E-state index contributed by atoms with van der Waals surface area (Å²) in [6, 6.07) is 0.217. The van der Waals surface area contributed by atoms with E-state index in [-0.39, 0.29) is 24.0 Å². The zero-order valence-corrected chi connectivity index (χ0v) is 9.28. The third kappa shape index (κ3) is 2.94. The topological polar surface area (TPSA) is 52.3 Å². The van der Waals surface area contributed by atoms with E-state index in [9.17, 15) is 4.79 Å². The van der Waals surface area contributed by atoms with Crippen LogP contribution in [0.5, 0.6) is 0 Å². The van der Waals surface area contributed by atoms with Gasteiger partial charge in [-0.25, -0.2) is 0 Å². The highest BCUT2D eigenvalue weighted by atomic mass is 16.5. The molecule has 0 amide bonds. The zero-order chi connectivity index (χ0) is 10.7. The van der Waals surface area contributed by atoms with Crippen molar-refractivity contribution < 1.29 is 9.53 Å². The molecule has 86 valence electrons. The van der Waals surface area contributed by atoms with Crippen LogP contribution in [0.25, 0.3) is 0 Å². The van der Waals surface area contributed by atoms with Crippen molar-refractivity contribution in [1.29, 1.82) is 0 Å². The van der Waals surface area contributed by atoms with E-state index in [2.05, 4.69) is 0 Å². The highest BCUT2D eigenvalue weighted by Gasteiger charge is 2.30. The minimum Gasteiger partial charge on any atom is -0.462 e. The first-order valence-electron chi connectivity index (χ1n) is 6.22. The van der Waals surface area contributed by atoms with Crippen LogP contribution >= 0.6 is 0 Å². The SMILES string of the molecule is NC1CCC(C(=O)OC2CCCCC2)C1. The summed E-state index contributed by atoms with van der Waals surface area (Å²) in [5.74, 6) is 0.0942. The van der Waals surface area contributed by atoms with E-state index in [1.807, 2.05) is 0 Å². The maximum Gasteiger partial charge on any atom is 0.309 e. The van der Waals surface area contributed by atoms with E-state index in [1.54, 1.807) is 0 Å². The summed E-state index contributed by atoms with van der Waals surface area (Å²) in [4.78, 5) is 11.8. The summed E-state index contributed by atoms with van der Waals surface area (Å²) in [7, 11) is 0. The highest BCUT2D eigenvalue weighted by molar-refractivity contribution is 5.73. The van der Waals surface area contributed by atoms with Crippen LogP contribution in [0.1, 0.15) is 51.4 Å². The second-order valence-corrected chi connectivity index (χ2v) is 4.97. The molecule has 2 N–H and O–H groups in total. The summed E-state index contributed by atoms with van der Waals surface area (Å²) < 4.78 is 5.53. The molecule has 0 saturated heterocycles. The molecule has 0 aromatic carbocycles. The Hall–Kier alpha value is -0.570. The number of nitrogens with two attached hydrogens (primary N) is 1. The Kier molecular flexibility index (Phi) is 3.62. The van der Waals surface area contributed by atoms with Gasteiger partial charge in [-0.15, -0.1) is 0 Å². The molecule has 0 radical (unpaired) electrons. The summed E-state index contributed by atoms with van der Waals surface area (Å²) in [5.41, 5.74) is 5.79. The minimum atomic E-state index is 0.00912. The monoisotopic (exact) mass is 211 g/mol. The summed E-state index contributed by atoms with van der Waals surface area (Å²) in [6.45, 7) is 0. The zero-order valence-electron chi connectivity index (χ0n) is 9.28. The molecule has 2 rings (SSSR count). The predicted molar refractivity (Wildman–Crippen MR) is 58.3 cm³/mol. The molecule has 2 unspecified atom stereocenters. The molecule has 2 aliphatic rings. The van der Waals surface area contributed by atoms with Crippen LogP contribution in [0, 0.1) is 5.92 Å². The minimum absolute atomic E-state index is 0.00912. The molecule has 3 heteroatoms. The molecule has 3 nitrogen and oxygen atoms in total. The van der Waals surface area contributed by atoms with E-state index in [0.717, 1.165) is 32.1 Å². The lowest BCUT2D eigenvalue weighted by atomic mass is 9.97.